The molecule has 3 aromatic heterocycles. The van der Waals surface area contributed by atoms with E-state index < -0.39 is 0 Å². The molecule has 1 fully saturated rings. The average molecular weight is 411 g/mol. The van der Waals surface area contributed by atoms with Gasteiger partial charge in [0.15, 0.2) is 0 Å². The monoisotopic (exact) mass is 410 g/mol. The molecular weight excluding hydrogens is 384 g/mol. The highest BCUT2D eigenvalue weighted by Crippen LogP contribution is 2.49. The summed E-state index contributed by atoms with van der Waals surface area (Å²) in [6.07, 6.45) is 9.01. The maximum Gasteiger partial charge on any atom is 0.116 e. The maximum atomic E-state index is 6.24. The number of imidazole rings is 1. The molecule has 4 heterocycles. The van der Waals surface area contributed by atoms with Crippen molar-refractivity contribution in [3.63, 3.8) is 0 Å². The Balaban J connectivity index is 1.57. The Bertz CT molecular complexity index is 1280. The highest BCUT2D eigenvalue weighted by molar-refractivity contribution is 5.85. The van der Waals surface area contributed by atoms with Crippen molar-refractivity contribution in [3.8, 4) is 22.6 Å². The van der Waals surface area contributed by atoms with Gasteiger partial charge in [0.1, 0.15) is 11.5 Å². The zero-order valence-electron chi connectivity index (χ0n) is 17.8. The first-order valence-corrected chi connectivity index (χ1v) is 11.1. The molecule has 31 heavy (non-hydrogen) atoms. The van der Waals surface area contributed by atoms with Crippen molar-refractivity contribution in [2.75, 3.05) is 0 Å². The Hall–Kier alpha value is -3.12. The number of rotatable bonds is 2. The van der Waals surface area contributed by atoms with Crippen molar-refractivity contribution in [1.82, 2.24) is 24.5 Å². The smallest absolute Gasteiger partial charge is 0.116 e. The lowest BCUT2D eigenvalue weighted by molar-refractivity contribution is 0.264. The van der Waals surface area contributed by atoms with Crippen LogP contribution in [0.3, 0.4) is 0 Å². The van der Waals surface area contributed by atoms with Gasteiger partial charge < -0.3 is 10.3 Å². The van der Waals surface area contributed by atoms with E-state index in [2.05, 4.69) is 44.9 Å². The first-order chi connectivity index (χ1) is 15.1. The van der Waals surface area contributed by atoms with Crippen LogP contribution in [-0.2, 0) is 12.0 Å². The molecule has 0 bridgehead atoms. The summed E-state index contributed by atoms with van der Waals surface area (Å²) in [5.74, 6) is 1.21. The molecule has 0 amide bonds. The third-order valence-corrected chi connectivity index (χ3v) is 7.12. The highest BCUT2D eigenvalue weighted by atomic mass is 15.1. The Labute approximate surface area is 181 Å². The highest BCUT2D eigenvalue weighted by Gasteiger charge is 2.45. The summed E-state index contributed by atoms with van der Waals surface area (Å²) in [7, 11) is 0. The molecule has 1 saturated carbocycles. The van der Waals surface area contributed by atoms with Gasteiger partial charge in [-0.2, -0.15) is 0 Å². The predicted octanol–water partition coefficient (Wildman–Crippen LogP) is 4.41. The summed E-state index contributed by atoms with van der Waals surface area (Å²) in [6, 6.07) is 12.8. The van der Waals surface area contributed by atoms with Crippen LogP contribution in [0.1, 0.15) is 43.6 Å². The number of fused-ring (bicyclic) bond motifs is 3. The summed E-state index contributed by atoms with van der Waals surface area (Å²) in [4.78, 5) is 19.1. The molecule has 2 N–H and O–H groups in total. The van der Waals surface area contributed by atoms with E-state index in [1.807, 2.05) is 13.0 Å². The number of aromatic nitrogens is 5. The number of hydrogen-bond donors (Lipinski definition) is 1. The fraction of sp³-hybridized carbons (Fsp3) is 0.360. The lowest BCUT2D eigenvalue weighted by Gasteiger charge is -2.34. The standard InChI is InChI=1S/C25H26N6/c1-16-3-2-4-20(29-16)22-23(17-5-6-19-21(15-17)28-13-12-27-19)31-14-11-25(24(31)30-22)9-7-18(26)8-10-25/h2-6,12-13,15,18H,7-11,14,26H2,1H3. The lowest BCUT2D eigenvalue weighted by Crippen LogP contribution is -2.36. The third kappa shape index (κ3) is 2.97. The van der Waals surface area contributed by atoms with Gasteiger partial charge >= 0.3 is 0 Å². The second kappa shape index (κ2) is 6.95. The second-order valence-corrected chi connectivity index (χ2v) is 9.08. The molecule has 1 spiro atoms. The van der Waals surface area contributed by atoms with E-state index in [1.54, 1.807) is 12.4 Å². The van der Waals surface area contributed by atoms with E-state index in [4.69, 9.17) is 15.7 Å². The molecule has 0 saturated heterocycles. The number of hydrogen-bond acceptors (Lipinski definition) is 5. The van der Waals surface area contributed by atoms with Crippen LogP contribution in [0.5, 0.6) is 0 Å². The van der Waals surface area contributed by atoms with Gasteiger partial charge in [0.2, 0.25) is 0 Å². The molecule has 0 unspecified atom stereocenters. The van der Waals surface area contributed by atoms with Crippen molar-refractivity contribution < 1.29 is 0 Å². The third-order valence-electron chi connectivity index (χ3n) is 7.12. The van der Waals surface area contributed by atoms with Crippen LogP contribution < -0.4 is 5.73 Å². The number of benzene rings is 1. The van der Waals surface area contributed by atoms with Crippen LogP contribution >= 0.6 is 0 Å². The van der Waals surface area contributed by atoms with E-state index in [9.17, 15) is 0 Å². The van der Waals surface area contributed by atoms with Gasteiger partial charge in [-0.05, 0) is 63.3 Å². The lowest BCUT2D eigenvalue weighted by atomic mass is 9.71. The van der Waals surface area contributed by atoms with E-state index in [-0.39, 0.29) is 5.41 Å². The molecule has 0 atom stereocenters. The Kier molecular flexibility index (Phi) is 4.18. The zero-order valence-corrected chi connectivity index (χ0v) is 17.8. The second-order valence-electron chi connectivity index (χ2n) is 9.08. The molecule has 1 aromatic carbocycles. The van der Waals surface area contributed by atoms with E-state index in [0.29, 0.717) is 6.04 Å². The Morgan fingerprint density at radius 2 is 1.77 bits per heavy atom. The van der Waals surface area contributed by atoms with Gasteiger partial charge in [0.25, 0.3) is 0 Å². The van der Waals surface area contributed by atoms with E-state index in [0.717, 1.165) is 78.0 Å². The quantitative estimate of drug-likeness (QED) is 0.529. The van der Waals surface area contributed by atoms with Crippen LogP contribution in [0.4, 0.5) is 0 Å². The molecule has 1 aliphatic heterocycles. The first kappa shape index (κ1) is 18.6. The molecule has 4 aromatic rings. The van der Waals surface area contributed by atoms with Crippen LogP contribution in [0.25, 0.3) is 33.7 Å². The molecule has 6 rings (SSSR count). The SMILES string of the molecule is Cc1cccc(-c2nc3n(c2-c2ccc4nccnc4c2)CCC32CCC(N)CC2)n1. The molecule has 1 aliphatic carbocycles. The Morgan fingerprint density at radius 3 is 2.58 bits per heavy atom. The Morgan fingerprint density at radius 1 is 0.968 bits per heavy atom. The summed E-state index contributed by atoms with van der Waals surface area (Å²) in [5, 5.41) is 0. The van der Waals surface area contributed by atoms with Crippen LogP contribution in [0.2, 0.25) is 0 Å². The van der Waals surface area contributed by atoms with Crippen LogP contribution in [0.15, 0.2) is 48.8 Å². The van der Waals surface area contributed by atoms with Crippen molar-refractivity contribution in [2.45, 2.75) is 57.0 Å². The van der Waals surface area contributed by atoms with Gasteiger partial charge in [0.05, 0.1) is 22.4 Å². The van der Waals surface area contributed by atoms with E-state index >= 15 is 0 Å². The molecule has 6 heteroatoms. The normalized spacial score (nSPS) is 22.8. The minimum atomic E-state index is 0.142. The largest absolute Gasteiger partial charge is 0.328 e. The molecule has 156 valence electrons. The van der Waals surface area contributed by atoms with Crippen molar-refractivity contribution >= 4 is 11.0 Å². The minimum Gasteiger partial charge on any atom is -0.328 e. The van der Waals surface area contributed by atoms with E-state index in [1.165, 1.54) is 5.82 Å². The number of nitrogens with zero attached hydrogens (tertiary/aromatic N) is 5. The summed E-state index contributed by atoms with van der Waals surface area (Å²) < 4.78 is 2.44. The van der Waals surface area contributed by atoms with Crippen molar-refractivity contribution in [2.24, 2.45) is 5.73 Å². The first-order valence-electron chi connectivity index (χ1n) is 11.1. The van der Waals surface area contributed by atoms with Gasteiger partial charge in [-0.15, -0.1) is 0 Å². The predicted molar refractivity (Wildman–Crippen MR) is 121 cm³/mol. The van der Waals surface area contributed by atoms with Crippen LogP contribution in [0, 0.1) is 6.92 Å². The van der Waals surface area contributed by atoms with Gasteiger partial charge in [-0.1, -0.05) is 12.1 Å². The minimum absolute atomic E-state index is 0.142. The number of aryl methyl sites for hydroxylation is 1. The number of pyridine rings is 1. The topological polar surface area (TPSA) is 82.5 Å². The average Bonchev–Trinajstić information content (AvgIpc) is 3.34. The van der Waals surface area contributed by atoms with Gasteiger partial charge in [-0.3, -0.25) is 15.0 Å². The zero-order chi connectivity index (χ0) is 21.0. The number of nitrogens with two attached hydrogens (primary N) is 1. The summed E-state index contributed by atoms with van der Waals surface area (Å²) in [6.45, 7) is 3.01. The van der Waals surface area contributed by atoms with Gasteiger partial charge in [-0.25, -0.2) is 4.98 Å². The van der Waals surface area contributed by atoms with Crippen LogP contribution in [-0.4, -0.2) is 30.5 Å². The maximum absolute atomic E-state index is 6.24. The summed E-state index contributed by atoms with van der Waals surface area (Å²) in [5.41, 5.74) is 13.3. The van der Waals surface area contributed by atoms with Crippen molar-refractivity contribution in [3.05, 3.63) is 60.3 Å². The fourth-order valence-electron chi connectivity index (χ4n) is 5.44. The fourth-order valence-corrected chi connectivity index (χ4v) is 5.44. The molecular formula is C25H26N6. The summed E-state index contributed by atoms with van der Waals surface area (Å²) >= 11 is 0. The van der Waals surface area contributed by atoms with Crippen molar-refractivity contribution in [1.29, 1.82) is 0 Å². The molecule has 0 radical (unpaired) electrons. The van der Waals surface area contributed by atoms with Gasteiger partial charge in [0, 0.05) is 41.7 Å². The molecule has 6 nitrogen and oxygen atoms in total. The molecule has 2 aliphatic rings.